The second-order valence-corrected chi connectivity index (χ2v) is 4.88. The van der Waals surface area contributed by atoms with Crippen LogP contribution in [-0.2, 0) is 4.79 Å². The lowest BCUT2D eigenvalue weighted by Crippen LogP contribution is -2.20. The van der Waals surface area contributed by atoms with Crippen LogP contribution in [0.3, 0.4) is 0 Å². The van der Waals surface area contributed by atoms with Crippen molar-refractivity contribution in [2.75, 3.05) is 7.11 Å². The van der Waals surface area contributed by atoms with Crippen LogP contribution in [0.5, 0.6) is 23.0 Å². The molecule has 5 heteroatoms. The minimum absolute atomic E-state index is 0.0225. The largest absolute Gasteiger partial charge is 0.508 e. The average Bonchev–Trinajstić information content (AvgIpc) is 2.45. The molecule has 2 aromatic rings. The SMILES string of the molecule is COc1ccc(C2CC(=O)Oc3cc(O)ccc32)cc1O. The molecule has 0 spiro atoms. The topological polar surface area (TPSA) is 76.0 Å². The molecule has 1 aliphatic rings. The maximum atomic E-state index is 11.7. The third-order valence-electron chi connectivity index (χ3n) is 3.57. The van der Waals surface area contributed by atoms with Crippen LogP contribution in [0, 0.1) is 0 Å². The van der Waals surface area contributed by atoms with Gasteiger partial charge in [-0.25, -0.2) is 0 Å². The molecule has 2 aromatic carbocycles. The number of fused-ring (bicyclic) bond motifs is 1. The molecule has 108 valence electrons. The molecule has 5 nitrogen and oxygen atoms in total. The molecule has 1 aliphatic heterocycles. The number of carbonyl (C=O) groups excluding carboxylic acids is 1. The van der Waals surface area contributed by atoms with Crippen molar-refractivity contribution >= 4 is 5.97 Å². The first-order chi connectivity index (χ1) is 10.1. The van der Waals surface area contributed by atoms with E-state index < -0.39 is 0 Å². The van der Waals surface area contributed by atoms with Gasteiger partial charge in [0.15, 0.2) is 11.5 Å². The van der Waals surface area contributed by atoms with Crippen LogP contribution in [0.2, 0.25) is 0 Å². The number of hydrogen-bond donors (Lipinski definition) is 2. The molecule has 0 saturated carbocycles. The maximum Gasteiger partial charge on any atom is 0.312 e. The zero-order chi connectivity index (χ0) is 15.0. The van der Waals surface area contributed by atoms with Crippen LogP contribution in [0.1, 0.15) is 23.5 Å². The van der Waals surface area contributed by atoms with Gasteiger partial charge in [-0.1, -0.05) is 12.1 Å². The predicted molar refractivity (Wildman–Crippen MR) is 74.9 cm³/mol. The fourth-order valence-corrected chi connectivity index (χ4v) is 2.56. The van der Waals surface area contributed by atoms with Gasteiger partial charge in [-0.3, -0.25) is 4.79 Å². The molecule has 1 heterocycles. The van der Waals surface area contributed by atoms with Crippen molar-refractivity contribution in [3.63, 3.8) is 0 Å². The molecule has 0 aromatic heterocycles. The first-order valence-corrected chi connectivity index (χ1v) is 6.49. The molecule has 1 unspecified atom stereocenters. The summed E-state index contributed by atoms with van der Waals surface area (Å²) in [6.45, 7) is 0. The van der Waals surface area contributed by atoms with Crippen molar-refractivity contribution in [3.8, 4) is 23.0 Å². The summed E-state index contributed by atoms with van der Waals surface area (Å²) in [7, 11) is 1.48. The summed E-state index contributed by atoms with van der Waals surface area (Å²) in [5.41, 5.74) is 1.59. The van der Waals surface area contributed by atoms with E-state index in [1.807, 2.05) is 0 Å². The molecule has 21 heavy (non-hydrogen) atoms. The quantitative estimate of drug-likeness (QED) is 0.655. The summed E-state index contributed by atoms with van der Waals surface area (Å²) in [6, 6.07) is 9.74. The van der Waals surface area contributed by atoms with Gasteiger partial charge in [-0.2, -0.15) is 0 Å². The molecular weight excluding hydrogens is 272 g/mol. The standard InChI is InChI=1S/C16H14O5/c1-20-14-5-2-9(6-13(14)18)12-8-16(19)21-15-7-10(17)3-4-11(12)15/h2-7,12,17-18H,8H2,1H3. The van der Waals surface area contributed by atoms with Crippen molar-refractivity contribution in [2.24, 2.45) is 0 Å². The highest BCUT2D eigenvalue weighted by Gasteiger charge is 2.29. The van der Waals surface area contributed by atoms with Crippen LogP contribution < -0.4 is 9.47 Å². The van der Waals surface area contributed by atoms with E-state index in [1.165, 1.54) is 13.2 Å². The predicted octanol–water partition coefficient (Wildman–Crippen LogP) is 2.55. The summed E-state index contributed by atoms with van der Waals surface area (Å²) >= 11 is 0. The molecule has 2 N–H and O–H groups in total. The Morgan fingerprint density at radius 2 is 2.00 bits per heavy atom. The van der Waals surface area contributed by atoms with Crippen LogP contribution in [0.25, 0.3) is 0 Å². The van der Waals surface area contributed by atoms with Crippen molar-refractivity contribution in [3.05, 3.63) is 47.5 Å². The van der Waals surface area contributed by atoms with Gasteiger partial charge in [-0.05, 0) is 23.8 Å². The fourth-order valence-electron chi connectivity index (χ4n) is 2.56. The Hall–Kier alpha value is -2.69. The first kappa shape index (κ1) is 13.3. The van der Waals surface area contributed by atoms with Crippen molar-refractivity contribution in [1.82, 2.24) is 0 Å². The van der Waals surface area contributed by atoms with E-state index in [0.29, 0.717) is 11.5 Å². The normalized spacial score (nSPS) is 17.0. The molecule has 0 radical (unpaired) electrons. The number of benzene rings is 2. The number of phenols is 2. The molecule has 0 aliphatic carbocycles. The van der Waals surface area contributed by atoms with E-state index in [1.54, 1.807) is 30.3 Å². The van der Waals surface area contributed by atoms with Crippen LogP contribution in [-0.4, -0.2) is 23.3 Å². The Kier molecular flexibility index (Phi) is 3.17. The lowest BCUT2D eigenvalue weighted by Gasteiger charge is -2.25. The second kappa shape index (κ2) is 5.01. The van der Waals surface area contributed by atoms with Gasteiger partial charge in [0.1, 0.15) is 11.5 Å². The van der Waals surface area contributed by atoms with Gasteiger partial charge < -0.3 is 19.7 Å². The lowest BCUT2D eigenvalue weighted by atomic mass is 9.86. The average molecular weight is 286 g/mol. The van der Waals surface area contributed by atoms with Crippen molar-refractivity contribution in [2.45, 2.75) is 12.3 Å². The van der Waals surface area contributed by atoms with Gasteiger partial charge in [0.05, 0.1) is 13.5 Å². The minimum Gasteiger partial charge on any atom is -0.508 e. The highest BCUT2D eigenvalue weighted by molar-refractivity contribution is 5.78. The molecule has 3 rings (SSSR count). The van der Waals surface area contributed by atoms with Gasteiger partial charge in [0.2, 0.25) is 0 Å². The van der Waals surface area contributed by atoms with Crippen molar-refractivity contribution in [1.29, 1.82) is 0 Å². The summed E-state index contributed by atoms with van der Waals surface area (Å²) in [6.07, 6.45) is 0.184. The number of carbonyl (C=O) groups is 1. The van der Waals surface area contributed by atoms with E-state index in [-0.39, 0.29) is 29.8 Å². The Labute approximate surface area is 121 Å². The highest BCUT2D eigenvalue weighted by atomic mass is 16.5. The summed E-state index contributed by atoms with van der Waals surface area (Å²) in [5, 5.41) is 19.4. The summed E-state index contributed by atoms with van der Waals surface area (Å²) < 4.78 is 10.2. The zero-order valence-electron chi connectivity index (χ0n) is 11.4. The Morgan fingerprint density at radius 3 is 2.71 bits per heavy atom. The van der Waals surface area contributed by atoms with Gasteiger partial charge >= 0.3 is 5.97 Å². The lowest BCUT2D eigenvalue weighted by molar-refractivity contribution is -0.135. The second-order valence-electron chi connectivity index (χ2n) is 4.88. The van der Waals surface area contributed by atoms with Gasteiger partial charge in [-0.15, -0.1) is 0 Å². The third-order valence-corrected chi connectivity index (χ3v) is 3.57. The zero-order valence-corrected chi connectivity index (χ0v) is 11.4. The van der Waals surface area contributed by atoms with Gasteiger partial charge in [0, 0.05) is 17.5 Å². The van der Waals surface area contributed by atoms with Crippen LogP contribution in [0.4, 0.5) is 0 Å². The molecule has 0 saturated heterocycles. The molecule has 0 fully saturated rings. The van der Waals surface area contributed by atoms with Crippen molar-refractivity contribution < 1.29 is 24.5 Å². The number of ether oxygens (including phenoxy) is 2. The Bertz CT molecular complexity index is 708. The van der Waals surface area contributed by atoms with E-state index in [0.717, 1.165) is 11.1 Å². The molecule has 0 bridgehead atoms. The Balaban J connectivity index is 2.07. The number of esters is 1. The Morgan fingerprint density at radius 1 is 1.19 bits per heavy atom. The minimum atomic E-state index is -0.367. The molecular formula is C16H14O5. The number of aromatic hydroxyl groups is 2. The summed E-state index contributed by atoms with van der Waals surface area (Å²) in [4.78, 5) is 11.7. The number of hydrogen-bond acceptors (Lipinski definition) is 5. The number of phenolic OH excluding ortho intramolecular Hbond substituents is 2. The molecule has 1 atom stereocenters. The van der Waals surface area contributed by atoms with Gasteiger partial charge in [0.25, 0.3) is 0 Å². The van der Waals surface area contributed by atoms with Crippen LogP contribution in [0.15, 0.2) is 36.4 Å². The molecule has 0 amide bonds. The summed E-state index contributed by atoms with van der Waals surface area (Å²) in [5.74, 6) is 0.204. The third kappa shape index (κ3) is 2.38. The van der Waals surface area contributed by atoms with E-state index in [2.05, 4.69) is 0 Å². The van der Waals surface area contributed by atoms with Crippen LogP contribution >= 0.6 is 0 Å². The van der Waals surface area contributed by atoms with E-state index in [4.69, 9.17) is 9.47 Å². The monoisotopic (exact) mass is 286 g/mol. The first-order valence-electron chi connectivity index (χ1n) is 6.49. The van der Waals surface area contributed by atoms with E-state index in [9.17, 15) is 15.0 Å². The number of rotatable bonds is 2. The van der Waals surface area contributed by atoms with E-state index >= 15 is 0 Å². The smallest absolute Gasteiger partial charge is 0.312 e. The highest BCUT2D eigenvalue weighted by Crippen LogP contribution is 2.42. The fraction of sp³-hybridized carbons (Fsp3) is 0.188. The maximum absolute atomic E-state index is 11.7. The number of methoxy groups -OCH3 is 1.